The summed E-state index contributed by atoms with van der Waals surface area (Å²) in [5, 5.41) is 7.82. The molecule has 0 unspecified atom stereocenters. The van der Waals surface area contributed by atoms with Gasteiger partial charge in [-0.3, -0.25) is 9.88 Å². The van der Waals surface area contributed by atoms with Crippen LogP contribution in [-0.4, -0.2) is 75.1 Å². The molecule has 0 atom stereocenters. The van der Waals surface area contributed by atoms with Gasteiger partial charge in [-0.15, -0.1) is 5.10 Å². The fraction of sp³-hybridized carbons (Fsp3) is 0.429. The first-order valence-electron chi connectivity index (χ1n) is 10.3. The van der Waals surface area contributed by atoms with Crippen LogP contribution < -0.4 is 10.2 Å². The van der Waals surface area contributed by atoms with E-state index in [1.807, 2.05) is 6.92 Å². The van der Waals surface area contributed by atoms with Gasteiger partial charge in [0.2, 0.25) is 5.95 Å². The molecule has 0 radical (unpaired) electrons. The molecule has 0 spiro atoms. The molecule has 30 heavy (non-hydrogen) atoms. The van der Waals surface area contributed by atoms with Crippen molar-refractivity contribution >= 4 is 17.3 Å². The van der Waals surface area contributed by atoms with Crippen molar-refractivity contribution in [1.29, 1.82) is 0 Å². The number of aryl methyl sites for hydroxylation is 2. The fourth-order valence-corrected chi connectivity index (χ4v) is 3.92. The highest BCUT2D eigenvalue weighted by molar-refractivity contribution is 5.64. The molecule has 9 nitrogen and oxygen atoms in total. The predicted molar refractivity (Wildman–Crippen MR) is 117 cm³/mol. The Bertz CT molecular complexity index is 1030. The number of rotatable bonds is 5. The predicted octanol–water partition coefficient (Wildman–Crippen LogP) is 2.18. The first-order chi connectivity index (χ1) is 14.6. The number of anilines is 3. The molecule has 0 aliphatic carbocycles. The van der Waals surface area contributed by atoms with Crippen LogP contribution in [0.1, 0.15) is 12.7 Å². The van der Waals surface area contributed by atoms with E-state index in [0.29, 0.717) is 17.8 Å². The average Bonchev–Trinajstić information content (AvgIpc) is 3.15. The van der Waals surface area contributed by atoms with Gasteiger partial charge in [0.15, 0.2) is 5.82 Å². The highest BCUT2D eigenvalue weighted by Crippen LogP contribution is 2.26. The van der Waals surface area contributed by atoms with Crippen LogP contribution in [-0.2, 0) is 4.74 Å². The van der Waals surface area contributed by atoms with Gasteiger partial charge in [0.1, 0.15) is 6.33 Å². The third-order valence-electron chi connectivity index (χ3n) is 5.60. The molecular formula is C21H28N8O. The molecule has 1 aromatic carbocycles. The van der Waals surface area contributed by atoms with Crippen molar-refractivity contribution in [2.24, 2.45) is 0 Å². The van der Waals surface area contributed by atoms with E-state index < -0.39 is 0 Å². The molecule has 5 rings (SSSR count). The van der Waals surface area contributed by atoms with Crippen LogP contribution >= 0.6 is 0 Å². The van der Waals surface area contributed by atoms with E-state index in [0.717, 1.165) is 50.8 Å². The first-order valence-corrected chi connectivity index (χ1v) is 10.3. The zero-order valence-electron chi connectivity index (χ0n) is 17.3. The van der Waals surface area contributed by atoms with Crippen LogP contribution in [0, 0.1) is 13.8 Å². The molecule has 2 aliphatic rings. The normalized spacial score (nSPS) is 17.7. The Balaban J connectivity index is 0.00000231. The number of nitrogens with one attached hydrogen (secondary N) is 1. The maximum absolute atomic E-state index is 5.34. The van der Waals surface area contributed by atoms with Gasteiger partial charge >= 0.3 is 0 Å². The molecular weight excluding hydrogens is 380 g/mol. The van der Waals surface area contributed by atoms with Gasteiger partial charge in [-0.2, -0.15) is 9.67 Å². The monoisotopic (exact) mass is 408 g/mol. The minimum absolute atomic E-state index is 0. The Morgan fingerprint density at radius 3 is 2.63 bits per heavy atom. The molecule has 2 fully saturated rings. The maximum Gasteiger partial charge on any atom is 0.247 e. The number of benzene rings is 1. The summed E-state index contributed by atoms with van der Waals surface area (Å²) < 4.78 is 6.97. The Morgan fingerprint density at radius 2 is 1.90 bits per heavy atom. The summed E-state index contributed by atoms with van der Waals surface area (Å²) >= 11 is 0. The van der Waals surface area contributed by atoms with Gasteiger partial charge in [-0.1, -0.05) is 0 Å². The van der Waals surface area contributed by atoms with Gasteiger partial charge in [0, 0.05) is 45.2 Å². The second-order valence-corrected chi connectivity index (χ2v) is 7.93. The summed E-state index contributed by atoms with van der Waals surface area (Å²) in [6.45, 7) is 9.99. The summed E-state index contributed by atoms with van der Waals surface area (Å²) in [7, 11) is 0. The number of piperazine rings is 1. The smallest absolute Gasteiger partial charge is 0.247 e. The third kappa shape index (κ3) is 3.99. The SMILES string of the molecule is Cc1cc(Nc2ncn(-c3cncc(C)n3)n2)cc(N2CCN(C3COC3)CC2)c1.[HH]. The highest BCUT2D eigenvalue weighted by atomic mass is 16.5. The Hall–Kier alpha value is -3.04. The van der Waals surface area contributed by atoms with E-state index >= 15 is 0 Å². The summed E-state index contributed by atoms with van der Waals surface area (Å²) in [6.07, 6.45) is 5.03. The van der Waals surface area contributed by atoms with Crippen LogP contribution in [0.2, 0.25) is 0 Å². The van der Waals surface area contributed by atoms with Crippen molar-refractivity contribution < 1.29 is 6.16 Å². The molecule has 9 heteroatoms. The molecule has 4 heterocycles. The van der Waals surface area contributed by atoms with Crippen LogP contribution in [0.15, 0.2) is 36.9 Å². The largest absolute Gasteiger partial charge is 0.378 e. The zero-order chi connectivity index (χ0) is 20.5. The minimum Gasteiger partial charge on any atom is -0.378 e. The average molecular weight is 409 g/mol. The van der Waals surface area contributed by atoms with E-state index in [4.69, 9.17) is 4.74 Å². The van der Waals surface area contributed by atoms with Gasteiger partial charge < -0.3 is 15.0 Å². The summed E-state index contributed by atoms with van der Waals surface area (Å²) in [5.74, 6) is 1.18. The van der Waals surface area contributed by atoms with Crippen LogP contribution in [0.3, 0.4) is 0 Å². The van der Waals surface area contributed by atoms with Crippen molar-refractivity contribution in [3.05, 3.63) is 48.2 Å². The lowest BCUT2D eigenvalue weighted by atomic mass is 10.1. The van der Waals surface area contributed by atoms with Crippen LogP contribution in [0.25, 0.3) is 5.82 Å². The number of ether oxygens (including phenoxy) is 1. The van der Waals surface area contributed by atoms with Crippen LogP contribution in [0.4, 0.5) is 17.3 Å². The molecule has 0 bridgehead atoms. The summed E-state index contributed by atoms with van der Waals surface area (Å²) in [4.78, 5) is 18.0. The molecule has 0 saturated carbocycles. The lowest BCUT2D eigenvalue weighted by molar-refractivity contribution is -0.0660. The van der Waals surface area contributed by atoms with Gasteiger partial charge in [0.05, 0.1) is 31.1 Å². The van der Waals surface area contributed by atoms with Gasteiger partial charge in [-0.25, -0.2) is 4.98 Å². The van der Waals surface area contributed by atoms with E-state index in [-0.39, 0.29) is 1.43 Å². The number of hydrogen-bond donors (Lipinski definition) is 1. The quantitative estimate of drug-likeness (QED) is 0.688. The van der Waals surface area contributed by atoms with Crippen molar-refractivity contribution in [1.82, 2.24) is 29.6 Å². The number of hydrogen-bond acceptors (Lipinski definition) is 8. The van der Waals surface area contributed by atoms with Crippen LogP contribution in [0.5, 0.6) is 0 Å². The summed E-state index contributed by atoms with van der Waals surface area (Å²) in [6, 6.07) is 7.13. The topological polar surface area (TPSA) is 84.2 Å². The Labute approximate surface area is 177 Å². The number of aromatic nitrogens is 5. The van der Waals surface area contributed by atoms with Crippen molar-refractivity contribution in [3.63, 3.8) is 0 Å². The van der Waals surface area contributed by atoms with Crippen molar-refractivity contribution in [3.8, 4) is 5.82 Å². The molecule has 2 aromatic heterocycles. The molecule has 1 N–H and O–H groups in total. The van der Waals surface area contributed by atoms with Gasteiger partial charge in [0.25, 0.3) is 0 Å². The third-order valence-corrected chi connectivity index (χ3v) is 5.60. The minimum atomic E-state index is 0. The Morgan fingerprint density at radius 1 is 1.07 bits per heavy atom. The lowest BCUT2D eigenvalue weighted by Crippen LogP contribution is -2.56. The zero-order valence-corrected chi connectivity index (χ0v) is 17.3. The maximum atomic E-state index is 5.34. The molecule has 2 saturated heterocycles. The van der Waals surface area contributed by atoms with Crippen molar-refractivity contribution in [2.45, 2.75) is 19.9 Å². The number of nitrogens with zero attached hydrogens (tertiary/aromatic N) is 7. The molecule has 0 amide bonds. The first kappa shape index (κ1) is 19.0. The Kier molecular flexibility index (Phi) is 5.06. The van der Waals surface area contributed by atoms with Crippen molar-refractivity contribution in [2.75, 3.05) is 49.6 Å². The lowest BCUT2D eigenvalue weighted by Gasteiger charge is -2.43. The van der Waals surface area contributed by atoms with E-state index in [1.54, 1.807) is 23.4 Å². The van der Waals surface area contributed by atoms with Gasteiger partial charge in [-0.05, 0) is 37.6 Å². The van der Waals surface area contributed by atoms with E-state index in [1.165, 1.54) is 11.3 Å². The van der Waals surface area contributed by atoms with E-state index in [9.17, 15) is 0 Å². The van der Waals surface area contributed by atoms with E-state index in [2.05, 4.69) is 60.3 Å². The molecule has 2 aliphatic heterocycles. The fourth-order valence-electron chi connectivity index (χ4n) is 3.92. The highest BCUT2D eigenvalue weighted by Gasteiger charge is 2.29. The molecule has 158 valence electrons. The standard InChI is InChI=1S/C21H26N8O.H2/c1-15-7-17(25-21-23-14-29(26-21)20-11-22-10-16(2)24-20)9-18(8-15)27-3-5-28(6-4-27)19-12-30-13-19;/h7-11,14,19H,3-6,12-13H2,1-2H3,(H,25,26);1H. The summed E-state index contributed by atoms with van der Waals surface area (Å²) in [5.41, 5.74) is 4.25. The molecule has 3 aromatic rings. The second-order valence-electron chi connectivity index (χ2n) is 7.93. The second kappa shape index (κ2) is 8.00.